The minimum absolute atomic E-state index is 0.0527. The number of rotatable bonds is 5. The van der Waals surface area contributed by atoms with Gasteiger partial charge in [0.05, 0.1) is 0 Å². The second-order valence-corrected chi connectivity index (χ2v) is 11.6. The maximum absolute atomic E-state index is 13.8. The third kappa shape index (κ3) is 7.60. The molecular formula is C27H40ClN3O4. The van der Waals surface area contributed by atoms with Gasteiger partial charge < -0.3 is 20.3 Å². The number of likely N-dealkylation sites (tertiary alicyclic amines) is 1. The molecule has 0 spiro atoms. The van der Waals surface area contributed by atoms with E-state index in [-0.39, 0.29) is 18.5 Å². The van der Waals surface area contributed by atoms with Crippen LogP contribution >= 0.6 is 11.6 Å². The second-order valence-electron chi connectivity index (χ2n) is 11.2. The van der Waals surface area contributed by atoms with Gasteiger partial charge in [0, 0.05) is 16.8 Å². The van der Waals surface area contributed by atoms with Gasteiger partial charge in [-0.15, -0.1) is 0 Å². The predicted molar refractivity (Wildman–Crippen MR) is 138 cm³/mol. The van der Waals surface area contributed by atoms with Gasteiger partial charge in [-0.2, -0.15) is 0 Å². The largest absolute Gasteiger partial charge is 0.459 e. The van der Waals surface area contributed by atoms with Gasteiger partial charge in [-0.3, -0.25) is 9.59 Å². The van der Waals surface area contributed by atoms with Crippen LogP contribution in [0.4, 0.5) is 10.5 Å². The summed E-state index contributed by atoms with van der Waals surface area (Å²) in [4.78, 5) is 41.1. The van der Waals surface area contributed by atoms with E-state index in [9.17, 15) is 14.4 Å². The molecule has 4 atom stereocenters. The molecule has 1 saturated carbocycles. The monoisotopic (exact) mass is 505 g/mol. The van der Waals surface area contributed by atoms with E-state index in [0.717, 1.165) is 25.7 Å². The number of urea groups is 1. The lowest BCUT2D eigenvalue weighted by Crippen LogP contribution is -2.56. The molecule has 35 heavy (non-hydrogen) atoms. The number of anilines is 1. The van der Waals surface area contributed by atoms with E-state index < -0.39 is 23.6 Å². The summed E-state index contributed by atoms with van der Waals surface area (Å²) in [6, 6.07) is 5.61. The van der Waals surface area contributed by atoms with Gasteiger partial charge in [-0.25, -0.2) is 4.79 Å². The van der Waals surface area contributed by atoms with Crippen molar-refractivity contribution < 1.29 is 19.1 Å². The van der Waals surface area contributed by atoms with Crippen molar-refractivity contribution in [2.75, 3.05) is 11.9 Å². The normalized spacial score (nSPS) is 27.7. The zero-order valence-corrected chi connectivity index (χ0v) is 22.4. The minimum Gasteiger partial charge on any atom is -0.459 e. The first-order chi connectivity index (χ1) is 16.4. The molecule has 194 valence electrons. The predicted octanol–water partition coefficient (Wildman–Crippen LogP) is 5.63. The van der Waals surface area contributed by atoms with Crippen molar-refractivity contribution in [2.24, 2.45) is 17.8 Å². The summed E-state index contributed by atoms with van der Waals surface area (Å²) in [6.45, 7) is 9.88. The summed E-state index contributed by atoms with van der Waals surface area (Å²) < 4.78 is 5.58. The highest BCUT2D eigenvalue weighted by Crippen LogP contribution is 2.41. The quantitative estimate of drug-likeness (QED) is 0.508. The Hall–Kier alpha value is -2.28. The van der Waals surface area contributed by atoms with Crippen molar-refractivity contribution in [2.45, 2.75) is 90.8 Å². The summed E-state index contributed by atoms with van der Waals surface area (Å²) in [5.41, 5.74) is -0.0918. The Morgan fingerprint density at radius 1 is 1.09 bits per heavy atom. The fourth-order valence-corrected chi connectivity index (χ4v) is 5.96. The van der Waals surface area contributed by atoms with Crippen molar-refractivity contribution in [3.05, 3.63) is 29.3 Å². The molecule has 1 aromatic rings. The Balaban J connectivity index is 1.80. The molecule has 1 aliphatic heterocycles. The first-order valence-corrected chi connectivity index (χ1v) is 13.2. The molecule has 1 aliphatic carbocycles. The molecule has 1 aromatic carbocycles. The van der Waals surface area contributed by atoms with Crippen molar-refractivity contribution in [1.82, 2.24) is 10.2 Å². The molecule has 4 unspecified atom stereocenters. The smallest absolute Gasteiger partial charge is 0.326 e. The number of halogens is 1. The Kier molecular flexibility index (Phi) is 9.08. The molecule has 1 saturated heterocycles. The summed E-state index contributed by atoms with van der Waals surface area (Å²) in [5, 5.41) is 6.10. The van der Waals surface area contributed by atoms with Crippen LogP contribution in [-0.4, -0.2) is 47.0 Å². The standard InChI is InChI=1S/C27H40ClN3O4/c1-17-9-6-10-18(2)24(17)22-14-8-13-21(25(33)31(22)16-23(32)35-27(3,4)5)30-26(34)29-20-12-7-11-19(28)15-20/h7,11-12,15,17-18,21-22,24H,6,8-10,13-14,16H2,1-5H3,(H2,29,30,34). The van der Waals surface area contributed by atoms with Gasteiger partial charge in [-0.05, 0) is 76.0 Å². The van der Waals surface area contributed by atoms with E-state index in [4.69, 9.17) is 16.3 Å². The van der Waals surface area contributed by atoms with Crippen LogP contribution in [0.5, 0.6) is 0 Å². The van der Waals surface area contributed by atoms with E-state index >= 15 is 0 Å². The highest BCUT2D eigenvalue weighted by Gasteiger charge is 2.43. The first kappa shape index (κ1) is 27.3. The average molecular weight is 506 g/mol. The summed E-state index contributed by atoms with van der Waals surface area (Å²) in [6.07, 6.45) is 5.58. The number of esters is 1. The molecule has 7 nitrogen and oxygen atoms in total. The number of hydrogen-bond donors (Lipinski definition) is 2. The Morgan fingerprint density at radius 2 is 1.74 bits per heavy atom. The van der Waals surface area contributed by atoms with Gasteiger partial charge in [0.2, 0.25) is 5.91 Å². The molecule has 0 radical (unpaired) electrons. The molecular weight excluding hydrogens is 466 g/mol. The van der Waals surface area contributed by atoms with E-state index in [1.54, 1.807) is 29.2 Å². The summed E-state index contributed by atoms with van der Waals surface area (Å²) in [5.74, 6) is 0.608. The third-order valence-electron chi connectivity index (χ3n) is 7.16. The Labute approximate surface area is 214 Å². The second kappa shape index (κ2) is 11.6. The molecule has 2 fully saturated rings. The minimum atomic E-state index is -0.712. The van der Waals surface area contributed by atoms with Crippen LogP contribution in [0.25, 0.3) is 0 Å². The molecule has 1 heterocycles. The topological polar surface area (TPSA) is 87.7 Å². The highest BCUT2D eigenvalue weighted by atomic mass is 35.5. The third-order valence-corrected chi connectivity index (χ3v) is 7.39. The lowest BCUT2D eigenvalue weighted by Gasteiger charge is -2.44. The average Bonchev–Trinajstić information content (AvgIpc) is 2.87. The number of nitrogens with one attached hydrogen (secondary N) is 2. The van der Waals surface area contributed by atoms with Crippen LogP contribution in [0.2, 0.25) is 5.02 Å². The van der Waals surface area contributed by atoms with Crippen molar-refractivity contribution in [3.8, 4) is 0 Å². The number of hydrogen-bond acceptors (Lipinski definition) is 4. The van der Waals surface area contributed by atoms with Crippen LogP contribution in [0.1, 0.15) is 73.1 Å². The van der Waals surface area contributed by atoms with Crippen LogP contribution in [0, 0.1) is 17.8 Å². The van der Waals surface area contributed by atoms with Crippen molar-refractivity contribution in [3.63, 3.8) is 0 Å². The van der Waals surface area contributed by atoms with Crippen molar-refractivity contribution >= 4 is 35.2 Å². The van der Waals surface area contributed by atoms with Gasteiger partial charge in [0.25, 0.3) is 0 Å². The Bertz CT molecular complexity index is 906. The summed E-state index contributed by atoms with van der Waals surface area (Å²) in [7, 11) is 0. The van der Waals surface area contributed by atoms with Gasteiger partial charge in [-0.1, -0.05) is 50.8 Å². The molecule has 0 bridgehead atoms. The van der Waals surface area contributed by atoms with E-state index in [1.165, 1.54) is 6.42 Å². The zero-order valence-electron chi connectivity index (χ0n) is 21.6. The SMILES string of the molecule is CC1CCCC(C)C1C1CCCC(NC(=O)Nc2cccc(Cl)c2)C(=O)N1CC(=O)OC(C)(C)C. The molecule has 2 aliphatic rings. The lowest BCUT2D eigenvalue weighted by atomic mass is 9.69. The van der Waals surface area contributed by atoms with Crippen LogP contribution in [0.3, 0.4) is 0 Å². The van der Waals surface area contributed by atoms with E-state index in [0.29, 0.717) is 34.9 Å². The van der Waals surface area contributed by atoms with Crippen molar-refractivity contribution in [1.29, 1.82) is 0 Å². The Morgan fingerprint density at radius 3 is 2.37 bits per heavy atom. The number of amides is 3. The maximum atomic E-state index is 13.8. The molecule has 2 N–H and O–H groups in total. The van der Waals surface area contributed by atoms with Crippen LogP contribution in [0.15, 0.2) is 24.3 Å². The fraction of sp³-hybridized carbons (Fsp3) is 0.667. The van der Waals surface area contributed by atoms with Gasteiger partial charge in [0.1, 0.15) is 18.2 Å². The molecule has 0 aromatic heterocycles. The number of carbonyl (C=O) groups is 3. The molecule has 3 amide bonds. The highest BCUT2D eigenvalue weighted by molar-refractivity contribution is 6.30. The van der Waals surface area contributed by atoms with Gasteiger partial charge >= 0.3 is 12.0 Å². The van der Waals surface area contributed by atoms with Crippen LogP contribution < -0.4 is 10.6 Å². The van der Waals surface area contributed by atoms with Gasteiger partial charge in [0.15, 0.2) is 0 Å². The zero-order chi connectivity index (χ0) is 25.8. The maximum Gasteiger partial charge on any atom is 0.326 e. The summed E-state index contributed by atoms with van der Waals surface area (Å²) >= 11 is 6.02. The molecule has 8 heteroatoms. The fourth-order valence-electron chi connectivity index (χ4n) is 5.77. The van der Waals surface area contributed by atoms with E-state index in [1.807, 2.05) is 20.8 Å². The number of carbonyl (C=O) groups excluding carboxylic acids is 3. The van der Waals surface area contributed by atoms with Crippen LogP contribution in [-0.2, 0) is 14.3 Å². The molecule has 3 rings (SSSR count). The number of ether oxygens (including phenoxy) is 1. The first-order valence-electron chi connectivity index (χ1n) is 12.8. The lowest BCUT2D eigenvalue weighted by molar-refractivity contribution is -0.161. The number of nitrogens with zero attached hydrogens (tertiary/aromatic N) is 1. The van der Waals surface area contributed by atoms with E-state index in [2.05, 4.69) is 24.5 Å². The number of benzene rings is 1.